The number of hydrogen-bond donors (Lipinski definition) is 1. The van der Waals surface area contributed by atoms with Crippen molar-refractivity contribution in [2.45, 2.75) is 33.6 Å². The molecule has 1 aromatic carbocycles. The third-order valence-electron chi connectivity index (χ3n) is 2.62. The van der Waals surface area contributed by atoms with Crippen molar-refractivity contribution in [1.82, 2.24) is 5.32 Å². The summed E-state index contributed by atoms with van der Waals surface area (Å²) in [6.45, 7) is 7.26. The van der Waals surface area contributed by atoms with E-state index in [1.807, 2.05) is 26.0 Å². The molecule has 0 fully saturated rings. The van der Waals surface area contributed by atoms with Gasteiger partial charge in [-0.2, -0.15) is 0 Å². The SMILES string of the molecule is CCc1ccc(OCCNC(=O)CC(C)C)cc1. The largest absolute Gasteiger partial charge is 0.492 e. The highest BCUT2D eigenvalue weighted by Gasteiger charge is 2.03. The average Bonchev–Trinajstić information content (AvgIpc) is 2.34. The van der Waals surface area contributed by atoms with Crippen LogP contribution in [0.5, 0.6) is 5.75 Å². The number of amides is 1. The Morgan fingerprint density at radius 3 is 2.50 bits per heavy atom. The molecule has 0 aliphatic rings. The van der Waals surface area contributed by atoms with Crippen molar-refractivity contribution in [1.29, 1.82) is 0 Å². The summed E-state index contributed by atoms with van der Waals surface area (Å²) in [4.78, 5) is 11.4. The molecule has 0 aliphatic heterocycles. The van der Waals surface area contributed by atoms with Gasteiger partial charge >= 0.3 is 0 Å². The molecule has 18 heavy (non-hydrogen) atoms. The van der Waals surface area contributed by atoms with E-state index < -0.39 is 0 Å². The van der Waals surface area contributed by atoms with Crippen LogP contribution in [0.4, 0.5) is 0 Å². The molecule has 3 nitrogen and oxygen atoms in total. The first-order chi connectivity index (χ1) is 8.61. The van der Waals surface area contributed by atoms with Crippen molar-refractivity contribution < 1.29 is 9.53 Å². The summed E-state index contributed by atoms with van der Waals surface area (Å²) in [5, 5.41) is 2.84. The molecule has 0 aliphatic carbocycles. The molecule has 0 aromatic heterocycles. The van der Waals surface area contributed by atoms with Crippen LogP contribution in [-0.2, 0) is 11.2 Å². The Kier molecular flexibility index (Phi) is 6.26. The van der Waals surface area contributed by atoms with Gasteiger partial charge < -0.3 is 10.1 Å². The molecule has 0 unspecified atom stereocenters. The molecule has 3 heteroatoms. The second-order valence-corrected chi connectivity index (χ2v) is 4.79. The van der Waals surface area contributed by atoms with Gasteiger partial charge in [0.2, 0.25) is 5.91 Å². The van der Waals surface area contributed by atoms with Gasteiger partial charge in [0, 0.05) is 6.42 Å². The van der Waals surface area contributed by atoms with Crippen LogP contribution in [0.15, 0.2) is 24.3 Å². The highest BCUT2D eigenvalue weighted by Crippen LogP contribution is 2.12. The van der Waals surface area contributed by atoms with Crippen molar-refractivity contribution in [2.75, 3.05) is 13.2 Å². The summed E-state index contributed by atoms with van der Waals surface area (Å²) < 4.78 is 5.55. The highest BCUT2D eigenvalue weighted by molar-refractivity contribution is 5.75. The van der Waals surface area contributed by atoms with Crippen molar-refractivity contribution in [3.63, 3.8) is 0 Å². The number of rotatable bonds is 7. The van der Waals surface area contributed by atoms with Crippen molar-refractivity contribution in [3.8, 4) is 5.75 Å². The van der Waals surface area contributed by atoms with Crippen LogP contribution in [0.3, 0.4) is 0 Å². The third kappa shape index (κ3) is 5.71. The fourth-order valence-corrected chi connectivity index (χ4v) is 1.62. The predicted molar refractivity (Wildman–Crippen MR) is 73.8 cm³/mol. The lowest BCUT2D eigenvalue weighted by Gasteiger charge is -2.09. The zero-order chi connectivity index (χ0) is 13.4. The number of aryl methyl sites for hydroxylation is 1. The van der Waals surface area contributed by atoms with Crippen molar-refractivity contribution in [2.24, 2.45) is 5.92 Å². The summed E-state index contributed by atoms with van der Waals surface area (Å²) in [7, 11) is 0. The summed E-state index contributed by atoms with van der Waals surface area (Å²) in [6.07, 6.45) is 1.61. The third-order valence-corrected chi connectivity index (χ3v) is 2.62. The van der Waals surface area contributed by atoms with Gasteiger partial charge in [-0.05, 0) is 30.0 Å². The normalized spacial score (nSPS) is 10.4. The van der Waals surface area contributed by atoms with E-state index in [1.54, 1.807) is 0 Å². The van der Waals surface area contributed by atoms with Gasteiger partial charge in [0.1, 0.15) is 12.4 Å². The Morgan fingerprint density at radius 2 is 1.94 bits per heavy atom. The molecule has 0 saturated carbocycles. The number of carbonyl (C=O) groups excluding carboxylic acids is 1. The first-order valence-corrected chi connectivity index (χ1v) is 6.60. The molecule has 0 heterocycles. The smallest absolute Gasteiger partial charge is 0.220 e. The molecular weight excluding hydrogens is 226 g/mol. The minimum Gasteiger partial charge on any atom is -0.492 e. The molecule has 1 amide bonds. The summed E-state index contributed by atoms with van der Waals surface area (Å²) >= 11 is 0. The topological polar surface area (TPSA) is 38.3 Å². The molecule has 0 saturated heterocycles. The molecule has 0 spiro atoms. The first kappa shape index (κ1) is 14.6. The maximum atomic E-state index is 11.4. The summed E-state index contributed by atoms with van der Waals surface area (Å²) in [5.41, 5.74) is 1.30. The quantitative estimate of drug-likeness (QED) is 0.755. The Bertz CT molecular complexity index is 357. The fraction of sp³-hybridized carbons (Fsp3) is 0.533. The number of nitrogens with one attached hydrogen (secondary N) is 1. The maximum absolute atomic E-state index is 11.4. The predicted octanol–water partition coefficient (Wildman–Crippen LogP) is 2.79. The van der Waals surface area contributed by atoms with Crippen molar-refractivity contribution >= 4 is 5.91 Å². The zero-order valence-corrected chi connectivity index (χ0v) is 11.5. The number of carbonyl (C=O) groups is 1. The summed E-state index contributed by atoms with van der Waals surface area (Å²) in [5.74, 6) is 1.34. The maximum Gasteiger partial charge on any atom is 0.220 e. The monoisotopic (exact) mass is 249 g/mol. The second kappa shape index (κ2) is 7.75. The standard InChI is InChI=1S/C15H23NO2/c1-4-13-5-7-14(8-6-13)18-10-9-16-15(17)11-12(2)3/h5-8,12H,4,9-11H2,1-3H3,(H,16,17). The lowest BCUT2D eigenvalue weighted by Crippen LogP contribution is -2.28. The summed E-state index contributed by atoms with van der Waals surface area (Å²) in [6, 6.07) is 8.06. The molecule has 100 valence electrons. The first-order valence-electron chi connectivity index (χ1n) is 6.60. The fourth-order valence-electron chi connectivity index (χ4n) is 1.62. The Hall–Kier alpha value is -1.51. The Morgan fingerprint density at radius 1 is 1.28 bits per heavy atom. The molecule has 1 rings (SSSR count). The minimum absolute atomic E-state index is 0.0925. The highest BCUT2D eigenvalue weighted by atomic mass is 16.5. The van der Waals surface area contributed by atoms with Gasteiger partial charge in [-0.3, -0.25) is 4.79 Å². The van der Waals surface area contributed by atoms with E-state index in [1.165, 1.54) is 5.56 Å². The van der Waals surface area contributed by atoms with Crippen LogP contribution in [0, 0.1) is 5.92 Å². The van der Waals surface area contributed by atoms with Gasteiger partial charge in [-0.1, -0.05) is 32.9 Å². The molecule has 1 aromatic rings. The van der Waals surface area contributed by atoms with E-state index in [0.29, 0.717) is 25.5 Å². The zero-order valence-electron chi connectivity index (χ0n) is 11.5. The van der Waals surface area contributed by atoms with E-state index in [9.17, 15) is 4.79 Å². The van der Waals surface area contributed by atoms with Crippen LogP contribution >= 0.6 is 0 Å². The van der Waals surface area contributed by atoms with Crippen LogP contribution in [0.25, 0.3) is 0 Å². The second-order valence-electron chi connectivity index (χ2n) is 4.79. The van der Waals surface area contributed by atoms with Gasteiger partial charge in [-0.25, -0.2) is 0 Å². The lowest BCUT2D eigenvalue weighted by atomic mass is 10.1. The molecule has 0 radical (unpaired) electrons. The van der Waals surface area contributed by atoms with E-state index >= 15 is 0 Å². The minimum atomic E-state index is 0.0925. The Balaban J connectivity index is 2.19. The van der Waals surface area contributed by atoms with E-state index in [4.69, 9.17) is 4.74 Å². The Labute approximate surface area is 110 Å². The van der Waals surface area contributed by atoms with Crippen LogP contribution in [0.2, 0.25) is 0 Å². The number of benzene rings is 1. The van der Waals surface area contributed by atoms with Gasteiger partial charge in [0.15, 0.2) is 0 Å². The molecular formula is C15H23NO2. The van der Waals surface area contributed by atoms with Crippen LogP contribution in [0.1, 0.15) is 32.8 Å². The lowest BCUT2D eigenvalue weighted by molar-refractivity contribution is -0.121. The van der Waals surface area contributed by atoms with E-state index in [-0.39, 0.29) is 5.91 Å². The average molecular weight is 249 g/mol. The molecule has 1 N–H and O–H groups in total. The number of ether oxygens (including phenoxy) is 1. The van der Waals surface area contributed by atoms with E-state index in [0.717, 1.165) is 12.2 Å². The van der Waals surface area contributed by atoms with Gasteiger partial charge in [0.25, 0.3) is 0 Å². The number of hydrogen-bond acceptors (Lipinski definition) is 2. The van der Waals surface area contributed by atoms with E-state index in [2.05, 4.69) is 24.4 Å². The van der Waals surface area contributed by atoms with Crippen molar-refractivity contribution in [3.05, 3.63) is 29.8 Å². The van der Waals surface area contributed by atoms with Gasteiger partial charge in [0.05, 0.1) is 6.54 Å². The van der Waals surface area contributed by atoms with Crippen LogP contribution in [-0.4, -0.2) is 19.1 Å². The molecule has 0 atom stereocenters. The molecule has 0 bridgehead atoms. The van der Waals surface area contributed by atoms with Gasteiger partial charge in [-0.15, -0.1) is 0 Å². The van der Waals surface area contributed by atoms with Crippen LogP contribution < -0.4 is 10.1 Å².